The van der Waals surface area contributed by atoms with Gasteiger partial charge in [0.25, 0.3) is 0 Å². The normalized spacial score (nSPS) is 37.3. The van der Waals surface area contributed by atoms with E-state index in [1.165, 1.54) is 37.7 Å². The molecule has 0 aliphatic heterocycles. The molecule has 3 aliphatic carbocycles. The average Bonchev–Trinajstić information content (AvgIpc) is 3.01. The highest BCUT2D eigenvalue weighted by atomic mass is 127. The first-order chi connectivity index (χ1) is 11.6. The van der Waals surface area contributed by atoms with Crippen molar-refractivity contribution in [2.45, 2.75) is 51.4 Å². The molecule has 0 bridgehead atoms. The van der Waals surface area contributed by atoms with Gasteiger partial charge in [0.05, 0.1) is 7.11 Å². The number of ether oxygens (including phenoxy) is 1. The smallest absolute Gasteiger partial charge is 0.133 e. The summed E-state index contributed by atoms with van der Waals surface area (Å²) < 4.78 is 6.57. The maximum Gasteiger partial charge on any atom is 0.133 e. The van der Waals surface area contributed by atoms with E-state index in [-0.39, 0.29) is 5.41 Å². The van der Waals surface area contributed by atoms with Crippen molar-refractivity contribution in [3.63, 3.8) is 0 Å². The SMILES string of the molecule is COc1ccc2c(c1)CCC1C2CC[C@@]2(CI)C1CC[C@@H]2C(C)=O. The van der Waals surface area contributed by atoms with Crippen LogP contribution in [0.15, 0.2) is 18.2 Å². The molecule has 0 aromatic heterocycles. The second kappa shape index (κ2) is 6.30. The summed E-state index contributed by atoms with van der Waals surface area (Å²) in [5.74, 6) is 3.97. The first kappa shape index (κ1) is 16.9. The summed E-state index contributed by atoms with van der Waals surface area (Å²) in [7, 11) is 1.75. The molecule has 2 saturated carbocycles. The molecule has 0 spiro atoms. The molecule has 1 aromatic carbocycles. The van der Waals surface area contributed by atoms with Crippen molar-refractivity contribution in [3.8, 4) is 5.75 Å². The number of methoxy groups -OCH3 is 1. The molecule has 2 fully saturated rings. The van der Waals surface area contributed by atoms with E-state index in [4.69, 9.17) is 4.74 Å². The Hall–Kier alpha value is -0.580. The fourth-order valence-corrected chi connectivity index (χ4v) is 7.84. The standard InChI is InChI=1S/C21H27IO2/c1-13(23)19-7-8-20-18-5-3-14-11-15(24-2)4-6-16(14)17(18)9-10-21(19,20)12-22/h4,6,11,17-20H,3,5,7-10,12H2,1-2H3/t17?,18?,19-,20?,21+/m1/s1. The van der Waals surface area contributed by atoms with Crippen molar-refractivity contribution in [1.29, 1.82) is 0 Å². The minimum atomic E-state index is 0.289. The number of ketones is 1. The number of halogens is 1. The van der Waals surface area contributed by atoms with Gasteiger partial charge in [0.1, 0.15) is 11.5 Å². The van der Waals surface area contributed by atoms with Crippen LogP contribution in [0.2, 0.25) is 0 Å². The van der Waals surface area contributed by atoms with E-state index in [0.29, 0.717) is 17.6 Å². The second-order valence-corrected chi connectivity index (χ2v) is 8.89. The zero-order valence-electron chi connectivity index (χ0n) is 14.7. The number of benzene rings is 1. The summed E-state index contributed by atoms with van der Waals surface area (Å²) in [5.41, 5.74) is 3.36. The van der Waals surface area contributed by atoms with Gasteiger partial charge >= 0.3 is 0 Å². The van der Waals surface area contributed by atoms with Crippen molar-refractivity contribution in [3.05, 3.63) is 29.3 Å². The summed E-state index contributed by atoms with van der Waals surface area (Å²) in [6, 6.07) is 6.70. The predicted molar refractivity (Wildman–Crippen MR) is 105 cm³/mol. The summed E-state index contributed by atoms with van der Waals surface area (Å²) in [5, 5.41) is 0. The number of hydrogen-bond donors (Lipinski definition) is 0. The van der Waals surface area contributed by atoms with Gasteiger partial charge in [0.15, 0.2) is 0 Å². The molecular formula is C21H27IO2. The van der Waals surface area contributed by atoms with E-state index in [0.717, 1.165) is 28.4 Å². The van der Waals surface area contributed by atoms with Crippen LogP contribution in [-0.2, 0) is 11.2 Å². The van der Waals surface area contributed by atoms with Crippen molar-refractivity contribution >= 4 is 28.4 Å². The number of carbonyl (C=O) groups excluding carboxylic acids is 1. The highest BCUT2D eigenvalue weighted by molar-refractivity contribution is 14.1. The van der Waals surface area contributed by atoms with Gasteiger partial charge in [-0.05, 0) is 91.9 Å². The van der Waals surface area contributed by atoms with Crippen LogP contribution < -0.4 is 4.74 Å². The summed E-state index contributed by atoms with van der Waals surface area (Å²) in [6.45, 7) is 1.83. The fraction of sp³-hybridized carbons (Fsp3) is 0.667. The van der Waals surface area contributed by atoms with Crippen molar-refractivity contribution < 1.29 is 9.53 Å². The number of aryl methyl sites for hydroxylation is 1. The van der Waals surface area contributed by atoms with E-state index in [1.54, 1.807) is 12.7 Å². The van der Waals surface area contributed by atoms with Crippen LogP contribution in [-0.4, -0.2) is 17.3 Å². The number of fused-ring (bicyclic) bond motifs is 5. The van der Waals surface area contributed by atoms with Crippen LogP contribution in [0, 0.1) is 23.2 Å². The highest BCUT2D eigenvalue weighted by Crippen LogP contribution is 2.63. The first-order valence-electron chi connectivity index (χ1n) is 9.34. The lowest BCUT2D eigenvalue weighted by atomic mass is 9.54. The lowest BCUT2D eigenvalue weighted by Crippen LogP contribution is -2.46. The molecule has 2 nitrogen and oxygen atoms in total. The molecule has 0 heterocycles. The molecule has 5 atom stereocenters. The van der Waals surface area contributed by atoms with E-state index in [9.17, 15) is 4.79 Å². The number of rotatable bonds is 3. The van der Waals surface area contributed by atoms with Crippen LogP contribution in [0.25, 0.3) is 0 Å². The Morgan fingerprint density at radius 1 is 1.29 bits per heavy atom. The van der Waals surface area contributed by atoms with Crippen LogP contribution in [0.3, 0.4) is 0 Å². The van der Waals surface area contributed by atoms with Crippen molar-refractivity contribution in [2.75, 3.05) is 11.5 Å². The molecular weight excluding hydrogens is 411 g/mol. The van der Waals surface area contributed by atoms with Crippen LogP contribution >= 0.6 is 22.6 Å². The molecule has 0 amide bonds. The lowest BCUT2D eigenvalue weighted by molar-refractivity contribution is -0.125. The Morgan fingerprint density at radius 2 is 2.12 bits per heavy atom. The van der Waals surface area contributed by atoms with Gasteiger partial charge in [-0.1, -0.05) is 28.7 Å². The average molecular weight is 438 g/mol. The Bertz CT molecular complexity index is 655. The van der Waals surface area contributed by atoms with Crippen molar-refractivity contribution in [2.24, 2.45) is 23.2 Å². The van der Waals surface area contributed by atoms with Gasteiger partial charge < -0.3 is 4.74 Å². The number of Topliss-reactive ketones (excluding diaryl/α,β-unsaturated/α-hetero) is 1. The summed E-state index contributed by atoms with van der Waals surface area (Å²) >= 11 is 2.57. The second-order valence-electron chi connectivity index (χ2n) is 8.13. The Morgan fingerprint density at radius 3 is 2.83 bits per heavy atom. The fourth-order valence-electron chi connectivity index (χ4n) is 6.36. The number of hydrogen-bond acceptors (Lipinski definition) is 2. The van der Waals surface area contributed by atoms with Crippen LogP contribution in [0.1, 0.15) is 56.1 Å². The van der Waals surface area contributed by atoms with Gasteiger partial charge in [0.2, 0.25) is 0 Å². The largest absolute Gasteiger partial charge is 0.497 e. The molecule has 1 aromatic rings. The zero-order chi connectivity index (χ0) is 16.9. The third-order valence-electron chi connectivity index (χ3n) is 7.39. The molecule has 4 rings (SSSR count). The Balaban J connectivity index is 1.68. The maximum absolute atomic E-state index is 12.3. The van der Waals surface area contributed by atoms with E-state index < -0.39 is 0 Å². The summed E-state index contributed by atoms with van der Waals surface area (Å²) in [4.78, 5) is 12.3. The zero-order valence-corrected chi connectivity index (χ0v) is 16.8. The Labute approximate surface area is 158 Å². The molecule has 24 heavy (non-hydrogen) atoms. The van der Waals surface area contributed by atoms with E-state index in [1.807, 2.05) is 6.92 Å². The third kappa shape index (κ3) is 2.37. The van der Waals surface area contributed by atoms with Crippen molar-refractivity contribution in [1.82, 2.24) is 0 Å². The van der Waals surface area contributed by atoms with Crippen LogP contribution in [0.4, 0.5) is 0 Å². The first-order valence-corrected chi connectivity index (χ1v) is 10.9. The minimum Gasteiger partial charge on any atom is -0.497 e. The predicted octanol–water partition coefficient (Wildman–Crippen LogP) is 5.17. The van der Waals surface area contributed by atoms with Crippen LogP contribution in [0.5, 0.6) is 5.75 Å². The monoisotopic (exact) mass is 438 g/mol. The lowest BCUT2D eigenvalue weighted by Gasteiger charge is -2.51. The molecule has 3 aliphatic rings. The quantitative estimate of drug-likeness (QED) is 0.481. The maximum atomic E-state index is 12.3. The molecule has 3 unspecified atom stereocenters. The van der Waals surface area contributed by atoms with Gasteiger partial charge in [-0.15, -0.1) is 0 Å². The minimum absolute atomic E-state index is 0.289. The molecule has 0 saturated heterocycles. The molecule has 130 valence electrons. The van der Waals surface area contributed by atoms with Gasteiger partial charge in [-0.3, -0.25) is 4.79 Å². The third-order valence-corrected chi connectivity index (χ3v) is 8.81. The van der Waals surface area contributed by atoms with E-state index in [2.05, 4.69) is 40.8 Å². The van der Waals surface area contributed by atoms with E-state index >= 15 is 0 Å². The number of carbonyl (C=O) groups is 1. The van der Waals surface area contributed by atoms with Gasteiger partial charge in [-0.25, -0.2) is 0 Å². The highest BCUT2D eigenvalue weighted by Gasteiger charge is 2.57. The van der Waals surface area contributed by atoms with Gasteiger partial charge in [-0.2, -0.15) is 0 Å². The van der Waals surface area contributed by atoms with Gasteiger partial charge in [0, 0.05) is 10.3 Å². The number of alkyl halides is 1. The molecule has 0 N–H and O–H groups in total. The Kier molecular flexibility index (Phi) is 4.42. The molecule has 3 heteroatoms. The summed E-state index contributed by atoms with van der Waals surface area (Å²) in [6.07, 6.45) is 7.34. The topological polar surface area (TPSA) is 26.3 Å². The molecule has 0 radical (unpaired) electrons.